The van der Waals surface area contributed by atoms with Crippen molar-refractivity contribution in [2.24, 2.45) is 5.92 Å². The maximum Gasteiger partial charge on any atom is 0.250 e. The smallest absolute Gasteiger partial charge is 0.250 e. The Balaban J connectivity index is 3.10. The molecular weight excluding hydrogens is 168 g/mol. The van der Waals surface area contributed by atoms with E-state index in [0.717, 1.165) is 5.75 Å². The van der Waals surface area contributed by atoms with Crippen molar-refractivity contribution in [1.82, 2.24) is 5.32 Å². The zero-order valence-electron chi connectivity index (χ0n) is 6.94. The molecule has 0 saturated heterocycles. The highest BCUT2D eigenvalue weighted by atomic mass is 32.2. The molecule has 0 aliphatic rings. The predicted molar refractivity (Wildman–Crippen MR) is 46.4 cm³/mol. The molecule has 1 unspecified atom stereocenters. The molecule has 0 spiro atoms. The molecule has 0 heterocycles. The first-order valence-electron chi connectivity index (χ1n) is 3.64. The number of nitrogens with one attached hydrogen (secondary N) is 1. The fraction of sp³-hybridized carbons (Fsp3) is 1.00. The van der Waals surface area contributed by atoms with Crippen LogP contribution in [-0.4, -0.2) is 31.5 Å². The molecule has 0 aliphatic carbocycles. The standard InChI is InChI=1S/C7H15F2NS/c1-6(5-11-2)3-10-4-7(8)9/h6-7,10H,3-5H2,1-2H3. The number of halogens is 2. The summed E-state index contributed by atoms with van der Waals surface area (Å²) in [6.45, 7) is 2.55. The predicted octanol–water partition coefficient (Wildman–Crippen LogP) is 1.84. The summed E-state index contributed by atoms with van der Waals surface area (Å²) in [5, 5.41) is 2.71. The van der Waals surface area contributed by atoms with E-state index >= 15 is 0 Å². The molecule has 11 heavy (non-hydrogen) atoms. The minimum Gasteiger partial charge on any atom is -0.311 e. The van der Waals surface area contributed by atoms with Crippen LogP contribution in [0.5, 0.6) is 0 Å². The molecule has 0 amide bonds. The second-order valence-corrected chi connectivity index (χ2v) is 3.52. The van der Waals surface area contributed by atoms with E-state index in [4.69, 9.17) is 0 Å². The average molecular weight is 183 g/mol. The van der Waals surface area contributed by atoms with Crippen LogP contribution in [0.15, 0.2) is 0 Å². The average Bonchev–Trinajstić information content (AvgIpc) is 1.87. The van der Waals surface area contributed by atoms with Crippen molar-refractivity contribution in [2.45, 2.75) is 13.3 Å². The molecule has 0 saturated carbocycles. The summed E-state index contributed by atoms with van der Waals surface area (Å²) in [6, 6.07) is 0. The summed E-state index contributed by atoms with van der Waals surface area (Å²) in [4.78, 5) is 0. The maximum atomic E-state index is 11.6. The number of rotatable bonds is 6. The maximum absolute atomic E-state index is 11.6. The van der Waals surface area contributed by atoms with Gasteiger partial charge in [0.2, 0.25) is 0 Å². The molecule has 0 aromatic rings. The quantitative estimate of drug-likeness (QED) is 0.674. The van der Waals surface area contributed by atoms with Crippen molar-refractivity contribution >= 4 is 11.8 Å². The third-order valence-electron chi connectivity index (χ3n) is 1.24. The lowest BCUT2D eigenvalue weighted by Gasteiger charge is -2.10. The Labute approximate surface area is 70.9 Å². The first kappa shape index (κ1) is 11.2. The van der Waals surface area contributed by atoms with Gasteiger partial charge in [-0.25, -0.2) is 8.78 Å². The Bertz CT molecular complexity index is 90.5. The Hall–Kier alpha value is 0.170. The Morgan fingerprint density at radius 3 is 2.45 bits per heavy atom. The normalized spacial score (nSPS) is 13.9. The second kappa shape index (κ2) is 6.85. The molecule has 0 radical (unpaired) electrons. The third-order valence-corrected chi connectivity index (χ3v) is 2.14. The van der Waals surface area contributed by atoms with Gasteiger partial charge in [-0.1, -0.05) is 6.92 Å². The lowest BCUT2D eigenvalue weighted by molar-refractivity contribution is 0.145. The molecule has 0 fully saturated rings. The molecule has 4 heteroatoms. The zero-order valence-corrected chi connectivity index (χ0v) is 7.76. The summed E-state index contributed by atoms with van der Waals surface area (Å²) in [5.74, 6) is 1.50. The highest BCUT2D eigenvalue weighted by Crippen LogP contribution is 2.02. The van der Waals surface area contributed by atoms with E-state index in [9.17, 15) is 8.78 Å². The molecule has 0 bridgehead atoms. The molecule has 1 atom stereocenters. The van der Waals surface area contributed by atoms with E-state index < -0.39 is 6.43 Å². The lowest BCUT2D eigenvalue weighted by atomic mass is 10.2. The highest BCUT2D eigenvalue weighted by Gasteiger charge is 2.03. The molecule has 0 aromatic carbocycles. The van der Waals surface area contributed by atoms with Crippen LogP contribution in [0.25, 0.3) is 0 Å². The van der Waals surface area contributed by atoms with Crippen molar-refractivity contribution < 1.29 is 8.78 Å². The number of alkyl halides is 2. The van der Waals surface area contributed by atoms with Gasteiger partial charge in [0.15, 0.2) is 0 Å². The molecule has 1 nitrogen and oxygen atoms in total. The van der Waals surface area contributed by atoms with E-state index in [1.807, 2.05) is 6.26 Å². The van der Waals surface area contributed by atoms with Gasteiger partial charge in [-0.15, -0.1) is 0 Å². The summed E-state index contributed by atoms with van der Waals surface area (Å²) in [5.41, 5.74) is 0. The van der Waals surface area contributed by atoms with Crippen LogP contribution in [-0.2, 0) is 0 Å². The number of hydrogen-bond acceptors (Lipinski definition) is 2. The monoisotopic (exact) mass is 183 g/mol. The summed E-state index contributed by atoms with van der Waals surface area (Å²) < 4.78 is 23.2. The minimum absolute atomic E-state index is 0.182. The Kier molecular flexibility index (Phi) is 6.96. The van der Waals surface area contributed by atoms with Crippen molar-refractivity contribution in [3.8, 4) is 0 Å². The van der Waals surface area contributed by atoms with Gasteiger partial charge in [-0.3, -0.25) is 0 Å². The van der Waals surface area contributed by atoms with Crippen molar-refractivity contribution in [1.29, 1.82) is 0 Å². The van der Waals surface area contributed by atoms with Crippen molar-refractivity contribution in [3.05, 3.63) is 0 Å². The molecule has 1 N–H and O–H groups in total. The number of hydrogen-bond donors (Lipinski definition) is 1. The lowest BCUT2D eigenvalue weighted by Crippen LogP contribution is -2.27. The van der Waals surface area contributed by atoms with Gasteiger partial charge in [0.25, 0.3) is 6.43 Å². The van der Waals surface area contributed by atoms with Crippen LogP contribution in [0.3, 0.4) is 0 Å². The van der Waals surface area contributed by atoms with Gasteiger partial charge in [0.05, 0.1) is 6.54 Å². The van der Waals surface area contributed by atoms with E-state index in [0.29, 0.717) is 12.5 Å². The first-order valence-corrected chi connectivity index (χ1v) is 5.04. The Morgan fingerprint density at radius 1 is 1.36 bits per heavy atom. The van der Waals surface area contributed by atoms with Gasteiger partial charge in [-0.2, -0.15) is 11.8 Å². The van der Waals surface area contributed by atoms with E-state index in [2.05, 4.69) is 12.2 Å². The van der Waals surface area contributed by atoms with Crippen molar-refractivity contribution in [3.63, 3.8) is 0 Å². The van der Waals surface area contributed by atoms with Gasteiger partial charge < -0.3 is 5.32 Å². The topological polar surface area (TPSA) is 12.0 Å². The fourth-order valence-electron chi connectivity index (χ4n) is 0.782. The van der Waals surface area contributed by atoms with Crippen LogP contribution in [0.4, 0.5) is 8.78 Å². The van der Waals surface area contributed by atoms with E-state index in [-0.39, 0.29) is 6.54 Å². The van der Waals surface area contributed by atoms with E-state index in [1.54, 1.807) is 11.8 Å². The minimum atomic E-state index is -2.23. The van der Waals surface area contributed by atoms with Gasteiger partial charge in [0.1, 0.15) is 0 Å². The molecule has 0 aliphatic heterocycles. The number of thioether (sulfide) groups is 1. The van der Waals surface area contributed by atoms with Crippen LogP contribution in [0.1, 0.15) is 6.92 Å². The first-order chi connectivity index (χ1) is 5.16. The van der Waals surface area contributed by atoms with Crippen LogP contribution in [0.2, 0.25) is 0 Å². The molecule has 68 valence electrons. The third kappa shape index (κ3) is 8.07. The summed E-state index contributed by atoms with van der Waals surface area (Å²) in [6.07, 6.45) is -0.208. The van der Waals surface area contributed by atoms with Gasteiger partial charge in [0, 0.05) is 0 Å². The fourth-order valence-corrected chi connectivity index (χ4v) is 1.47. The molecule has 0 aromatic heterocycles. The SMILES string of the molecule is CSCC(C)CNCC(F)F. The Morgan fingerprint density at radius 2 is 2.00 bits per heavy atom. The molecular formula is C7H15F2NS. The second-order valence-electron chi connectivity index (χ2n) is 2.61. The molecule has 0 rings (SSSR count). The van der Waals surface area contributed by atoms with Crippen LogP contribution < -0.4 is 5.32 Å². The summed E-state index contributed by atoms with van der Waals surface area (Å²) >= 11 is 1.74. The van der Waals surface area contributed by atoms with Gasteiger partial charge >= 0.3 is 0 Å². The summed E-state index contributed by atoms with van der Waals surface area (Å²) in [7, 11) is 0. The van der Waals surface area contributed by atoms with Crippen LogP contribution >= 0.6 is 11.8 Å². The van der Waals surface area contributed by atoms with Gasteiger partial charge in [-0.05, 0) is 24.5 Å². The largest absolute Gasteiger partial charge is 0.311 e. The van der Waals surface area contributed by atoms with Crippen molar-refractivity contribution in [2.75, 3.05) is 25.1 Å². The van der Waals surface area contributed by atoms with E-state index in [1.165, 1.54) is 0 Å². The van der Waals surface area contributed by atoms with Crippen LogP contribution in [0, 0.1) is 5.92 Å². The highest BCUT2D eigenvalue weighted by molar-refractivity contribution is 7.98. The zero-order chi connectivity index (χ0) is 8.69.